The van der Waals surface area contributed by atoms with Crippen LogP contribution >= 0.6 is 0 Å². The molecule has 2 amide bonds. The molecule has 2 heterocycles. The second kappa shape index (κ2) is 18.1. The third kappa shape index (κ3) is 11.6. The second-order valence-corrected chi connectivity index (χ2v) is 12.0. The van der Waals surface area contributed by atoms with Crippen molar-refractivity contribution in [3.63, 3.8) is 0 Å². The SMILES string of the molecule is CC[C@H]1COC(=O)N1CCCN1CCC(N(Cc2ccc(F)cc2)C(=O)Cc2ccc(OCC(C)C)cc2)CC1.O=C(O)C(=O)O. The van der Waals surface area contributed by atoms with Gasteiger partial charge in [-0.05, 0) is 73.5 Å². The Morgan fingerprint density at radius 3 is 2.15 bits per heavy atom. The zero-order valence-corrected chi connectivity index (χ0v) is 26.9. The third-order valence-electron chi connectivity index (χ3n) is 8.05. The van der Waals surface area contributed by atoms with Crippen molar-refractivity contribution in [2.75, 3.05) is 39.4 Å². The van der Waals surface area contributed by atoms with E-state index in [1.807, 2.05) is 34.1 Å². The van der Waals surface area contributed by atoms with Gasteiger partial charge in [-0.3, -0.25) is 4.79 Å². The highest BCUT2D eigenvalue weighted by Gasteiger charge is 2.32. The number of carboxylic acids is 2. The lowest BCUT2D eigenvalue weighted by atomic mass is 10.0. The zero-order valence-electron chi connectivity index (χ0n) is 26.9. The molecule has 4 rings (SSSR count). The van der Waals surface area contributed by atoms with E-state index in [1.54, 1.807) is 12.1 Å². The molecule has 12 heteroatoms. The van der Waals surface area contributed by atoms with E-state index >= 15 is 0 Å². The summed E-state index contributed by atoms with van der Waals surface area (Å²) in [6.45, 7) is 11.4. The highest BCUT2D eigenvalue weighted by molar-refractivity contribution is 6.27. The standard InChI is InChI=1S/C32H44FN3O4.C2H2O4/c1-4-28-23-40-32(38)35(28)17-5-16-34-18-14-29(15-19-34)36(21-26-6-10-27(33)11-7-26)31(37)20-25-8-12-30(13-9-25)39-22-24(2)3;3-1(4)2(5)6/h6-13,24,28-29H,4-5,14-23H2,1-3H3;(H,3,4)(H,5,6)/t28-;/m0./s1. The Balaban J connectivity index is 0.000000875. The first kappa shape index (κ1) is 36.3. The largest absolute Gasteiger partial charge is 0.493 e. The second-order valence-electron chi connectivity index (χ2n) is 12.0. The molecule has 2 aromatic carbocycles. The van der Waals surface area contributed by atoms with E-state index in [2.05, 4.69) is 25.7 Å². The summed E-state index contributed by atoms with van der Waals surface area (Å²) in [6.07, 6.45) is 3.71. The molecule has 2 aliphatic rings. The number of benzene rings is 2. The molecule has 0 aromatic heterocycles. The molecule has 1 atom stereocenters. The van der Waals surface area contributed by atoms with E-state index in [0.717, 1.165) is 62.2 Å². The van der Waals surface area contributed by atoms with Gasteiger partial charge in [0, 0.05) is 32.2 Å². The van der Waals surface area contributed by atoms with E-state index < -0.39 is 11.9 Å². The predicted octanol–water partition coefficient (Wildman–Crippen LogP) is 4.67. The Morgan fingerprint density at radius 2 is 1.59 bits per heavy atom. The number of piperidine rings is 1. The molecule has 252 valence electrons. The molecule has 11 nitrogen and oxygen atoms in total. The number of halogens is 1. The van der Waals surface area contributed by atoms with Gasteiger partial charge in [0.25, 0.3) is 0 Å². The smallest absolute Gasteiger partial charge is 0.414 e. The van der Waals surface area contributed by atoms with Crippen molar-refractivity contribution in [3.05, 3.63) is 65.5 Å². The van der Waals surface area contributed by atoms with Crippen molar-refractivity contribution in [2.45, 2.75) is 71.5 Å². The lowest BCUT2D eigenvalue weighted by molar-refractivity contribution is -0.159. The Kier molecular flexibility index (Phi) is 14.3. The maximum atomic E-state index is 13.6. The van der Waals surface area contributed by atoms with E-state index in [1.165, 1.54) is 12.1 Å². The van der Waals surface area contributed by atoms with Gasteiger partial charge in [-0.25, -0.2) is 18.8 Å². The van der Waals surface area contributed by atoms with Crippen molar-refractivity contribution in [1.82, 2.24) is 14.7 Å². The van der Waals surface area contributed by atoms with Crippen molar-refractivity contribution < 1.29 is 43.3 Å². The van der Waals surface area contributed by atoms with E-state index in [9.17, 15) is 14.0 Å². The van der Waals surface area contributed by atoms with Gasteiger partial charge in [0.15, 0.2) is 0 Å². The van der Waals surface area contributed by atoms with Crippen LogP contribution in [0.4, 0.5) is 9.18 Å². The van der Waals surface area contributed by atoms with Crippen LogP contribution in [-0.2, 0) is 32.1 Å². The Morgan fingerprint density at radius 1 is 0.978 bits per heavy atom. The van der Waals surface area contributed by atoms with Crippen LogP contribution < -0.4 is 4.74 Å². The van der Waals surface area contributed by atoms with Crippen molar-refractivity contribution in [2.24, 2.45) is 5.92 Å². The molecule has 2 saturated heterocycles. The van der Waals surface area contributed by atoms with Crippen LogP contribution in [0.1, 0.15) is 57.6 Å². The van der Waals surface area contributed by atoms with Crippen LogP contribution in [0, 0.1) is 11.7 Å². The van der Waals surface area contributed by atoms with Gasteiger partial charge in [0.2, 0.25) is 5.91 Å². The van der Waals surface area contributed by atoms with Crippen molar-refractivity contribution >= 4 is 23.9 Å². The number of hydrogen-bond acceptors (Lipinski definition) is 7. The van der Waals surface area contributed by atoms with Gasteiger partial charge >= 0.3 is 18.0 Å². The first-order chi connectivity index (χ1) is 22.0. The molecule has 2 aromatic rings. The quantitative estimate of drug-likeness (QED) is 0.298. The minimum Gasteiger partial charge on any atom is -0.493 e. The fraction of sp³-hybridized carbons (Fsp3) is 0.529. The summed E-state index contributed by atoms with van der Waals surface area (Å²) in [5, 5.41) is 14.8. The average Bonchev–Trinajstić information content (AvgIpc) is 3.40. The lowest BCUT2D eigenvalue weighted by Gasteiger charge is -2.39. The van der Waals surface area contributed by atoms with Crippen LogP contribution in [0.2, 0.25) is 0 Å². The van der Waals surface area contributed by atoms with Crippen molar-refractivity contribution in [3.8, 4) is 5.75 Å². The summed E-state index contributed by atoms with van der Waals surface area (Å²) in [5.41, 5.74) is 1.88. The molecule has 0 spiro atoms. The number of aliphatic carboxylic acids is 2. The van der Waals surface area contributed by atoms with Crippen LogP contribution in [-0.4, -0.2) is 100 Å². The van der Waals surface area contributed by atoms with Gasteiger partial charge in [-0.1, -0.05) is 45.0 Å². The average molecular weight is 644 g/mol. The first-order valence-corrected chi connectivity index (χ1v) is 15.8. The molecular weight excluding hydrogens is 597 g/mol. The highest BCUT2D eigenvalue weighted by atomic mass is 19.1. The maximum Gasteiger partial charge on any atom is 0.414 e. The first-order valence-electron chi connectivity index (χ1n) is 15.8. The fourth-order valence-corrected chi connectivity index (χ4v) is 5.47. The molecule has 46 heavy (non-hydrogen) atoms. The molecule has 0 bridgehead atoms. The zero-order chi connectivity index (χ0) is 33.6. The molecule has 2 fully saturated rings. The summed E-state index contributed by atoms with van der Waals surface area (Å²) in [4.78, 5) is 50.1. The van der Waals surface area contributed by atoms with E-state index in [4.69, 9.17) is 29.3 Å². The van der Waals surface area contributed by atoms with Crippen LogP contribution in [0.5, 0.6) is 5.75 Å². The third-order valence-corrected chi connectivity index (χ3v) is 8.05. The highest BCUT2D eigenvalue weighted by Crippen LogP contribution is 2.23. The number of carbonyl (C=O) groups excluding carboxylic acids is 2. The van der Waals surface area contributed by atoms with E-state index in [-0.39, 0.29) is 29.9 Å². The summed E-state index contributed by atoms with van der Waals surface area (Å²) in [5.74, 6) is -2.58. The summed E-state index contributed by atoms with van der Waals surface area (Å²) >= 11 is 0. The topological polar surface area (TPSA) is 137 Å². The minimum atomic E-state index is -1.82. The van der Waals surface area contributed by atoms with Gasteiger partial charge in [0.05, 0.1) is 19.1 Å². The van der Waals surface area contributed by atoms with Gasteiger partial charge in [-0.15, -0.1) is 0 Å². The summed E-state index contributed by atoms with van der Waals surface area (Å²) < 4.78 is 24.5. The monoisotopic (exact) mass is 643 g/mol. The number of cyclic esters (lactones) is 1. The van der Waals surface area contributed by atoms with Gasteiger partial charge in [0.1, 0.15) is 18.2 Å². The molecule has 0 aliphatic carbocycles. The lowest BCUT2D eigenvalue weighted by Crippen LogP contribution is -2.48. The number of carboxylic acid groups (broad SMARTS) is 2. The number of hydrogen-bond donors (Lipinski definition) is 2. The molecule has 0 unspecified atom stereocenters. The maximum absolute atomic E-state index is 13.6. The van der Waals surface area contributed by atoms with Crippen LogP contribution in [0.25, 0.3) is 0 Å². The minimum absolute atomic E-state index is 0.0803. The van der Waals surface area contributed by atoms with Gasteiger partial charge < -0.3 is 34.4 Å². The normalized spacial score (nSPS) is 16.8. The molecule has 0 saturated carbocycles. The Bertz CT molecular complexity index is 1270. The predicted molar refractivity (Wildman–Crippen MR) is 169 cm³/mol. The Labute approximate surface area is 269 Å². The van der Waals surface area contributed by atoms with Crippen molar-refractivity contribution in [1.29, 1.82) is 0 Å². The summed E-state index contributed by atoms with van der Waals surface area (Å²) in [6, 6.07) is 14.5. The molecule has 2 N–H and O–H groups in total. The van der Waals surface area contributed by atoms with Crippen LogP contribution in [0.3, 0.4) is 0 Å². The number of likely N-dealkylation sites (tertiary alicyclic amines) is 1. The number of carbonyl (C=O) groups is 4. The Hall–Kier alpha value is -4.19. The van der Waals surface area contributed by atoms with Crippen LogP contribution in [0.15, 0.2) is 48.5 Å². The fourth-order valence-electron chi connectivity index (χ4n) is 5.47. The molecule has 0 radical (unpaired) electrons. The molecule has 2 aliphatic heterocycles. The molecular formula is C34H46FN3O8. The number of ether oxygens (including phenoxy) is 2. The summed E-state index contributed by atoms with van der Waals surface area (Å²) in [7, 11) is 0. The van der Waals surface area contributed by atoms with E-state index in [0.29, 0.717) is 38.6 Å². The number of amides is 2. The number of nitrogens with zero attached hydrogens (tertiary/aromatic N) is 3. The van der Waals surface area contributed by atoms with Gasteiger partial charge in [-0.2, -0.15) is 0 Å². The number of rotatable bonds is 13.